The molecule has 1 saturated heterocycles. The molecule has 0 atom stereocenters. The second-order valence-corrected chi connectivity index (χ2v) is 9.10. The number of aryl methyl sites for hydroxylation is 2. The Balaban J connectivity index is 1.29. The van der Waals surface area contributed by atoms with Crippen LogP contribution in [0.5, 0.6) is 0 Å². The summed E-state index contributed by atoms with van der Waals surface area (Å²) in [5.41, 5.74) is 6.36. The van der Waals surface area contributed by atoms with Gasteiger partial charge < -0.3 is 14.5 Å². The van der Waals surface area contributed by atoms with Gasteiger partial charge in [-0.3, -0.25) is 4.79 Å². The highest BCUT2D eigenvalue weighted by molar-refractivity contribution is 7.17. The number of fused-ring (bicyclic) bond motifs is 3. The van der Waals surface area contributed by atoms with Gasteiger partial charge in [-0.1, -0.05) is 36.4 Å². The fraction of sp³-hybridized carbons (Fsp3) is 0.320. The second kappa shape index (κ2) is 8.25. The lowest BCUT2D eigenvalue weighted by atomic mass is 9.91. The standard InChI is InChI=1S/C25H26N2O2S/c1-26(17-18-6-10-21(11-7-18)27-12-14-29-15-13-27)25(28)23-16-20-9-8-19-4-2-3-5-22(19)24(20)30-23/h2-7,10-11,16H,8-9,12-15,17H2,1H3. The molecule has 0 radical (unpaired) electrons. The van der Waals surface area contributed by atoms with Crippen molar-refractivity contribution < 1.29 is 9.53 Å². The monoisotopic (exact) mass is 418 g/mol. The quantitative estimate of drug-likeness (QED) is 0.620. The zero-order chi connectivity index (χ0) is 20.5. The van der Waals surface area contributed by atoms with Crippen LogP contribution >= 0.6 is 11.3 Å². The molecule has 0 saturated carbocycles. The molecular weight excluding hydrogens is 392 g/mol. The number of carbonyl (C=O) groups excluding carboxylic acids is 1. The van der Waals surface area contributed by atoms with E-state index in [1.165, 1.54) is 27.3 Å². The van der Waals surface area contributed by atoms with E-state index < -0.39 is 0 Å². The summed E-state index contributed by atoms with van der Waals surface area (Å²) in [4.78, 5) is 19.4. The van der Waals surface area contributed by atoms with Gasteiger partial charge in [-0.2, -0.15) is 0 Å². The largest absolute Gasteiger partial charge is 0.378 e. The fourth-order valence-corrected chi connectivity index (χ4v) is 5.61. The van der Waals surface area contributed by atoms with Gasteiger partial charge in [-0.05, 0) is 53.3 Å². The Morgan fingerprint density at radius 1 is 1.03 bits per heavy atom. The molecule has 3 aromatic rings. The number of hydrogen-bond acceptors (Lipinski definition) is 4. The molecule has 5 heteroatoms. The van der Waals surface area contributed by atoms with E-state index >= 15 is 0 Å². The Labute approximate surface area is 181 Å². The molecule has 4 nitrogen and oxygen atoms in total. The lowest BCUT2D eigenvalue weighted by Gasteiger charge is -2.29. The number of hydrogen-bond donors (Lipinski definition) is 0. The summed E-state index contributed by atoms with van der Waals surface area (Å²) in [5, 5.41) is 0. The van der Waals surface area contributed by atoms with Crippen LogP contribution in [0, 0.1) is 0 Å². The molecule has 1 aromatic heterocycles. The number of nitrogens with zero attached hydrogens (tertiary/aromatic N) is 2. The third-order valence-electron chi connectivity index (χ3n) is 6.02. The first-order valence-corrected chi connectivity index (χ1v) is 11.4. The van der Waals surface area contributed by atoms with Crippen LogP contribution < -0.4 is 4.90 Å². The minimum Gasteiger partial charge on any atom is -0.378 e. The Hall–Kier alpha value is -2.63. The summed E-state index contributed by atoms with van der Waals surface area (Å²) in [6.07, 6.45) is 2.07. The van der Waals surface area contributed by atoms with E-state index in [1.807, 2.05) is 11.9 Å². The van der Waals surface area contributed by atoms with Crippen molar-refractivity contribution in [3.05, 3.63) is 76.2 Å². The summed E-state index contributed by atoms with van der Waals surface area (Å²) >= 11 is 1.64. The smallest absolute Gasteiger partial charge is 0.263 e. The number of thiophene rings is 1. The average Bonchev–Trinajstić information content (AvgIpc) is 3.24. The van der Waals surface area contributed by atoms with Gasteiger partial charge in [0, 0.05) is 37.2 Å². The van der Waals surface area contributed by atoms with E-state index in [0.29, 0.717) is 6.54 Å². The van der Waals surface area contributed by atoms with Crippen molar-refractivity contribution in [3.63, 3.8) is 0 Å². The number of anilines is 1. The van der Waals surface area contributed by atoms with Crippen LogP contribution in [0.25, 0.3) is 10.4 Å². The summed E-state index contributed by atoms with van der Waals surface area (Å²) in [6, 6.07) is 19.2. The highest BCUT2D eigenvalue weighted by Crippen LogP contribution is 2.39. The number of amides is 1. The van der Waals surface area contributed by atoms with Crippen LogP contribution in [0.4, 0.5) is 5.69 Å². The maximum atomic E-state index is 13.1. The molecule has 1 fully saturated rings. The molecule has 30 heavy (non-hydrogen) atoms. The fourth-order valence-electron chi connectivity index (χ4n) is 4.34. The maximum Gasteiger partial charge on any atom is 0.263 e. The van der Waals surface area contributed by atoms with Crippen molar-refractivity contribution >= 4 is 22.9 Å². The molecule has 0 N–H and O–H groups in total. The summed E-state index contributed by atoms with van der Waals surface area (Å²) in [5.74, 6) is 0.101. The Morgan fingerprint density at radius 3 is 2.57 bits per heavy atom. The van der Waals surface area contributed by atoms with Gasteiger partial charge in [0.05, 0.1) is 18.1 Å². The van der Waals surface area contributed by atoms with Gasteiger partial charge in [-0.25, -0.2) is 0 Å². The SMILES string of the molecule is CN(Cc1ccc(N2CCOCC2)cc1)C(=O)c1cc2c(s1)-c1ccccc1CC2. The summed E-state index contributed by atoms with van der Waals surface area (Å²) in [7, 11) is 1.89. The number of rotatable bonds is 4. The van der Waals surface area contributed by atoms with Crippen LogP contribution in [0.15, 0.2) is 54.6 Å². The van der Waals surface area contributed by atoms with Crippen molar-refractivity contribution in [1.82, 2.24) is 4.90 Å². The van der Waals surface area contributed by atoms with Crippen molar-refractivity contribution in [3.8, 4) is 10.4 Å². The van der Waals surface area contributed by atoms with Crippen LogP contribution in [0.1, 0.15) is 26.4 Å². The first-order valence-electron chi connectivity index (χ1n) is 10.6. The topological polar surface area (TPSA) is 32.8 Å². The van der Waals surface area contributed by atoms with Gasteiger partial charge in [0.15, 0.2) is 0 Å². The molecule has 154 valence electrons. The summed E-state index contributed by atoms with van der Waals surface area (Å²) in [6.45, 7) is 4.05. The zero-order valence-corrected chi connectivity index (χ0v) is 18.1. The van der Waals surface area contributed by atoms with E-state index in [9.17, 15) is 4.79 Å². The van der Waals surface area contributed by atoms with Gasteiger partial charge in [0.25, 0.3) is 5.91 Å². The Morgan fingerprint density at radius 2 is 1.77 bits per heavy atom. The average molecular weight is 419 g/mol. The van der Waals surface area contributed by atoms with Crippen molar-refractivity contribution in [2.24, 2.45) is 0 Å². The number of ether oxygens (including phenoxy) is 1. The lowest BCUT2D eigenvalue weighted by molar-refractivity contribution is 0.0790. The van der Waals surface area contributed by atoms with Crippen molar-refractivity contribution in [2.45, 2.75) is 19.4 Å². The molecule has 1 aliphatic heterocycles. The number of carbonyl (C=O) groups is 1. The first kappa shape index (κ1) is 19.3. The van der Waals surface area contributed by atoms with E-state index in [2.05, 4.69) is 59.5 Å². The van der Waals surface area contributed by atoms with Crippen LogP contribution in [0.3, 0.4) is 0 Å². The number of benzene rings is 2. The minimum absolute atomic E-state index is 0.101. The van der Waals surface area contributed by atoms with Gasteiger partial charge in [-0.15, -0.1) is 11.3 Å². The Kier molecular flexibility index (Phi) is 5.32. The molecule has 2 aromatic carbocycles. The highest BCUT2D eigenvalue weighted by Gasteiger charge is 2.23. The van der Waals surface area contributed by atoms with E-state index in [4.69, 9.17) is 4.74 Å². The molecule has 2 heterocycles. The molecule has 1 aliphatic carbocycles. The predicted molar refractivity (Wildman–Crippen MR) is 122 cm³/mol. The van der Waals surface area contributed by atoms with Gasteiger partial charge in [0.2, 0.25) is 0 Å². The third-order valence-corrected chi connectivity index (χ3v) is 7.22. The highest BCUT2D eigenvalue weighted by atomic mass is 32.1. The normalized spacial score (nSPS) is 15.4. The zero-order valence-electron chi connectivity index (χ0n) is 17.3. The first-order chi connectivity index (χ1) is 14.7. The van der Waals surface area contributed by atoms with Crippen LogP contribution in [-0.2, 0) is 24.1 Å². The summed E-state index contributed by atoms with van der Waals surface area (Å²) < 4.78 is 5.43. The molecule has 0 unspecified atom stereocenters. The van der Waals surface area contributed by atoms with E-state index in [1.54, 1.807) is 11.3 Å². The van der Waals surface area contributed by atoms with Crippen molar-refractivity contribution in [2.75, 3.05) is 38.3 Å². The van der Waals surface area contributed by atoms with Crippen LogP contribution in [-0.4, -0.2) is 44.2 Å². The van der Waals surface area contributed by atoms with E-state index in [-0.39, 0.29) is 5.91 Å². The van der Waals surface area contributed by atoms with Gasteiger partial charge in [0.1, 0.15) is 0 Å². The molecule has 2 aliphatic rings. The molecule has 5 rings (SSSR count). The Bertz CT molecular complexity index is 1050. The van der Waals surface area contributed by atoms with Gasteiger partial charge >= 0.3 is 0 Å². The molecule has 0 bridgehead atoms. The third kappa shape index (κ3) is 3.75. The van der Waals surface area contributed by atoms with Crippen LogP contribution in [0.2, 0.25) is 0 Å². The van der Waals surface area contributed by atoms with E-state index in [0.717, 1.165) is 49.6 Å². The van der Waals surface area contributed by atoms with Crippen molar-refractivity contribution in [1.29, 1.82) is 0 Å². The molecule has 0 spiro atoms. The minimum atomic E-state index is 0.101. The second-order valence-electron chi connectivity index (χ2n) is 8.05. The lowest BCUT2D eigenvalue weighted by Crippen LogP contribution is -2.36. The molecule has 1 amide bonds. The number of morpholine rings is 1. The predicted octanol–water partition coefficient (Wildman–Crippen LogP) is 4.62. The molecular formula is C25H26N2O2S. The maximum absolute atomic E-state index is 13.1.